The second-order valence-corrected chi connectivity index (χ2v) is 5.54. The van der Waals surface area contributed by atoms with Gasteiger partial charge < -0.3 is 15.0 Å². The van der Waals surface area contributed by atoms with E-state index in [1.165, 1.54) is 6.92 Å². The molecule has 0 spiro atoms. The summed E-state index contributed by atoms with van der Waals surface area (Å²) in [6, 6.07) is 16.1. The molecule has 2 amide bonds. The number of hydrogen-bond acceptors (Lipinski definition) is 3. The van der Waals surface area contributed by atoms with Gasteiger partial charge in [-0.25, -0.2) is 0 Å². The molecule has 0 aliphatic rings. The number of carbonyl (C=O) groups is 2. The van der Waals surface area contributed by atoms with Crippen LogP contribution >= 0.6 is 11.6 Å². The Kier molecular flexibility index (Phi) is 6.63. The standard InChI is InChI=1S/C18H19ClN2O3/c1-14(22)21(16-9-7-15(19)8-10-16)12-11-20-18(23)13-24-17-5-3-2-4-6-17/h2-10H,11-13H2,1H3,(H,20,23). The first-order chi connectivity index (χ1) is 11.6. The van der Waals surface area contributed by atoms with Crippen LogP contribution in [0, 0.1) is 0 Å². The molecule has 2 rings (SSSR count). The van der Waals surface area contributed by atoms with Gasteiger partial charge in [0.2, 0.25) is 5.91 Å². The number of ether oxygens (including phenoxy) is 1. The fourth-order valence-corrected chi connectivity index (χ4v) is 2.24. The number of nitrogens with one attached hydrogen (secondary N) is 1. The molecule has 0 radical (unpaired) electrons. The Hall–Kier alpha value is -2.53. The summed E-state index contributed by atoms with van der Waals surface area (Å²) >= 11 is 5.85. The zero-order chi connectivity index (χ0) is 17.4. The number of para-hydroxylation sites is 1. The van der Waals surface area contributed by atoms with Crippen molar-refractivity contribution in [1.29, 1.82) is 0 Å². The van der Waals surface area contributed by atoms with Crippen molar-refractivity contribution in [3.8, 4) is 5.75 Å². The minimum Gasteiger partial charge on any atom is -0.484 e. The molecule has 0 aliphatic heterocycles. The maximum atomic E-state index is 11.8. The van der Waals surface area contributed by atoms with Crippen LogP contribution in [0.25, 0.3) is 0 Å². The first-order valence-corrected chi connectivity index (χ1v) is 7.92. The van der Waals surface area contributed by atoms with Crippen molar-refractivity contribution in [2.24, 2.45) is 0 Å². The minimum atomic E-state index is -0.238. The van der Waals surface area contributed by atoms with Crippen molar-refractivity contribution >= 4 is 29.1 Å². The summed E-state index contributed by atoms with van der Waals surface area (Å²) in [5.41, 5.74) is 0.738. The van der Waals surface area contributed by atoms with Gasteiger partial charge in [0.25, 0.3) is 5.91 Å². The SMILES string of the molecule is CC(=O)N(CCNC(=O)COc1ccccc1)c1ccc(Cl)cc1. The third kappa shape index (κ3) is 5.59. The van der Waals surface area contributed by atoms with E-state index in [-0.39, 0.29) is 18.4 Å². The average molecular weight is 347 g/mol. The predicted octanol–water partition coefficient (Wildman–Crippen LogP) is 2.89. The fraction of sp³-hybridized carbons (Fsp3) is 0.222. The highest BCUT2D eigenvalue weighted by Gasteiger charge is 2.11. The largest absolute Gasteiger partial charge is 0.484 e. The van der Waals surface area contributed by atoms with E-state index < -0.39 is 0 Å². The summed E-state index contributed by atoms with van der Waals surface area (Å²) in [6.45, 7) is 2.12. The third-order valence-electron chi connectivity index (χ3n) is 3.29. The van der Waals surface area contributed by atoms with Gasteiger partial charge in [-0.2, -0.15) is 0 Å². The molecule has 0 unspecified atom stereocenters. The lowest BCUT2D eigenvalue weighted by molar-refractivity contribution is -0.123. The van der Waals surface area contributed by atoms with E-state index in [0.29, 0.717) is 23.9 Å². The Balaban J connectivity index is 1.79. The van der Waals surface area contributed by atoms with Crippen LogP contribution in [0.4, 0.5) is 5.69 Å². The van der Waals surface area contributed by atoms with Gasteiger partial charge >= 0.3 is 0 Å². The van der Waals surface area contributed by atoms with E-state index in [1.807, 2.05) is 18.2 Å². The van der Waals surface area contributed by atoms with Gasteiger partial charge in [0.1, 0.15) is 5.75 Å². The van der Waals surface area contributed by atoms with Crippen molar-refractivity contribution in [3.05, 3.63) is 59.6 Å². The van der Waals surface area contributed by atoms with E-state index in [4.69, 9.17) is 16.3 Å². The second-order valence-electron chi connectivity index (χ2n) is 5.10. The highest BCUT2D eigenvalue weighted by atomic mass is 35.5. The smallest absolute Gasteiger partial charge is 0.258 e. The van der Waals surface area contributed by atoms with Crippen molar-refractivity contribution < 1.29 is 14.3 Å². The maximum absolute atomic E-state index is 11.8. The molecule has 0 bridgehead atoms. The van der Waals surface area contributed by atoms with Crippen molar-refractivity contribution in [3.63, 3.8) is 0 Å². The number of rotatable bonds is 7. The normalized spacial score (nSPS) is 10.1. The molecule has 0 saturated heterocycles. The van der Waals surface area contributed by atoms with Crippen LogP contribution in [0.2, 0.25) is 5.02 Å². The molecule has 0 aromatic heterocycles. The molecule has 0 fully saturated rings. The summed E-state index contributed by atoms with van der Waals surface area (Å²) in [5.74, 6) is 0.296. The lowest BCUT2D eigenvalue weighted by Crippen LogP contribution is -2.39. The Labute approximate surface area is 146 Å². The van der Waals surface area contributed by atoms with Crippen LogP contribution in [0.1, 0.15) is 6.92 Å². The Morgan fingerprint density at radius 3 is 2.38 bits per heavy atom. The first kappa shape index (κ1) is 17.8. The molecular formula is C18H19ClN2O3. The third-order valence-corrected chi connectivity index (χ3v) is 3.54. The van der Waals surface area contributed by atoms with E-state index in [1.54, 1.807) is 41.3 Å². The highest BCUT2D eigenvalue weighted by molar-refractivity contribution is 6.30. The molecule has 2 aromatic rings. The molecule has 0 saturated carbocycles. The molecular weight excluding hydrogens is 328 g/mol. The summed E-state index contributed by atoms with van der Waals surface area (Å²) in [4.78, 5) is 25.1. The van der Waals surface area contributed by atoms with Gasteiger partial charge in [0.15, 0.2) is 6.61 Å². The van der Waals surface area contributed by atoms with Gasteiger partial charge in [-0.3, -0.25) is 9.59 Å². The summed E-state index contributed by atoms with van der Waals surface area (Å²) in [6.07, 6.45) is 0. The predicted molar refractivity (Wildman–Crippen MR) is 94.4 cm³/mol. The van der Waals surface area contributed by atoms with Gasteiger partial charge in [0, 0.05) is 30.7 Å². The minimum absolute atomic E-state index is 0.0645. The molecule has 1 N–H and O–H groups in total. The summed E-state index contributed by atoms with van der Waals surface area (Å²) in [7, 11) is 0. The van der Waals surface area contributed by atoms with Gasteiger partial charge in [-0.05, 0) is 36.4 Å². The summed E-state index contributed by atoms with van der Waals surface area (Å²) in [5, 5.41) is 3.34. The quantitative estimate of drug-likeness (QED) is 0.838. The number of nitrogens with zero attached hydrogens (tertiary/aromatic N) is 1. The molecule has 24 heavy (non-hydrogen) atoms. The van der Waals surface area contributed by atoms with Crippen molar-refractivity contribution in [1.82, 2.24) is 5.32 Å². The molecule has 0 atom stereocenters. The number of amides is 2. The van der Waals surface area contributed by atoms with Crippen LogP contribution in [0.3, 0.4) is 0 Å². The van der Waals surface area contributed by atoms with Crippen molar-refractivity contribution in [2.45, 2.75) is 6.92 Å². The molecule has 6 heteroatoms. The van der Waals surface area contributed by atoms with Gasteiger partial charge in [-0.15, -0.1) is 0 Å². The molecule has 5 nitrogen and oxygen atoms in total. The van der Waals surface area contributed by atoms with Gasteiger partial charge in [0.05, 0.1) is 0 Å². The molecule has 126 valence electrons. The summed E-state index contributed by atoms with van der Waals surface area (Å²) < 4.78 is 5.36. The van der Waals surface area contributed by atoms with Gasteiger partial charge in [-0.1, -0.05) is 29.8 Å². The van der Waals surface area contributed by atoms with Crippen LogP contribution in [-0.4, -0.2) is 31.5 Å². The molecule has 0 heterocycles. The lowest BCUT2D eigenvalue weighted by atomic mass is 10.3. The first-order valence-electron chi connectivity index (χ1n) is 7.54. The van der Waals surface area contributed by atoms with Crippen molar-refractivity contribution in [2.75, 3.05) is 24.6 Å². The molecule has 2 aromatic carbocycles. The zero-order valence-corrected chi connectivity index (χ0v) is 14.1. The van der Waals surface area contributed by atoms with Crippen LogP contribution in [-0.2, 0) is 9.59 Å². The zero-order valence-electron chi connectivity index (χ0n) is 13.4. The maximum Gasteiger partial charge on any atom is 0.258 e. The van der Waals surface area contributed by atoms with E-state index in [9.17, 15) is 9.59 Å². The van der Waals surface area contributed by atoms with E-state index in [2.05, 4.69) is 5.32 Å². The molecule has 0 aliphatic carbocycles. The monoisotopic (exact) mass is 346 g/mol. The Morgan fingerprint density at radius 1 is 1.08 bits per heavy atom. The van der Waals surface area contributed by atoms with E-state index >= 15 is 0 Å². The number of halogens is 1. The number of benzene rings is 2. The highest BCUT2D eigenvalue weighted by Crippen LogP contribution is 2.17. The Bertz CT molecular complexity index is 674. The van der Waals surface area contributed by atoms with Crippen LogP contribution in [0.15, 0.2) is 54.6 Å². The number of anilines is 1. The topological polar surface area (TPSA) is 58.6 Å². The fourth-order valence-electron chi connectivity index (χ4n) is 2.11. The second kappa shape index (κ2) is 8.93. The number of carbonyl (C=O) groups excluding carboxylic acids is 2. The Morgan fingerprint density at radius 2 is 1.75 bits per heavy atom. The van der Waals surface area contributed by atoms with E-state index in [0.717, 1.165) is 5.69 Å². The van der Waals surface area contributed by atoms with Crippen LogP contribution in [0.5, 0.6) is 5.75 Å². The number of hydrogen-bond donors (Lipinski definition) is 1. The van der Waals surface area contributed by atoms with Crippen LogP contribution < -0.4 is 15.0 Å². The lowest BCUT2D eigenvalue weighted by Gasteiger charge is -2.21. The average Bonchev–Trinajstić information content (AvgIpc) is 2.58.